The number of nitrogens with zero attached hydrogens (tertiary/aromatic N) is 2. The fourth-order valence-corrected chi connectivity index (χ4v) is 2.10. The Balaban J connectivity index is 2.24. The largest absolute Gasteiger partial charge is 0.376 e. The Morgan fingerprint density at radius 2 is 2.33 bits per heavy atom. The minimum absolute atomic E-state index is 0.0788. The van der Waals surface area contributed by atoms with Gasteiger partial charge in [-0.2, -0.15) is 0 Å². The third-order valence-corrected chi connectivity index (χ3v) is 3.18. The number of nitrogens with one attached hydrogen (secondary N) is 1. The Labute approximate surface area is 89.0 Å². The molecule has 1 aromatic rings. The fourth-order valence-electron chi connectivity index (χ4n) is 2.10. The number of hydrogen-bond acceptors (Lipinski definition) is 5. The summed E-state index contributed by atoms with van der Waals surface area (Å²) in [7, 11) is 1.72. The van der Waals surface area contributed by atoms with Crippen molar-refractivity contribution in [1.29, 1.82) is 0 Å². The molecule has 1 heterocycles. The molecule has 1 aliphatic rings. The third kappa shape index (κ3) is 1.73. The second kappa shape index (κ2) is 4.22. The SMILES string of the molecule is COC1(C(NN)c2cnccn2)CCC1. The van der Waals surface area contributed by atoms with Gasteiger partial charge in [0.1, 0.15) is 0 Å². The van der Waals surface area contributed by atoms with E-state index in [4.69, 9.17) is 10.6 Å². The van der Waals surface area contributed by atoms with Gasteiger partial charge in [-0.15, -0.1) is 0 Å². The average molecular weight is 208 g/mol. The van der Waals surface area contributed by atoms with E-state index in [9.17, 15) is 0 Å². The fraction of sp³-hybridized carbons (Fsp3) is 0.600. The van der Waals surface area contributed by atoms with Crippen molar-refractivity contribution >= 4 is 0 Å². The summed E-state index contributed by atoms with van der Waals surface area (Å²) in [5.41, 5.74) is 3.42. The van der Waals surface area contributed by atoms with Crippen molar-refractivity contribution in [3.05, 3.63) is 24.3 Å². The Morgan fingerprint density at radius 3 is 2.73 bits per heavy atom. The Morgan fingerprint density at radius 1 is 1.53 bits per heavy atom. The molecule has 5 heteroatoms. The van der Waals surface area contributed by atoms with Crippen LogP contribution in [0.4, 0.5) is 0 Å². The minimum Gasteiger partial charge on any atom is -0.376 e. The quantitative estimate of drug-likeness (QED) is 0.558. The lowest BCUT2D eigenvalue weighted by atomic mass is 9.73. The smallest absolute Gasteiger partial charge is 0.0936 e. The molecule has 5 nitrogen and oxygen atoms in total. The molecule has 82 valence electrons. The zero-order valence-corrected chi connectivity index (χ0v) is 8.81. The standard InChI is InChI=1S/C10H16N4O/c1-15-10(3-2-4-10)9(14-11)8-7-12-5-6-13-8/h5-7,9,14H,2-4,11H2,1H3. The molecule has 1 aliphatic carbocycles. The van der Waals surface area contributed by atoms with Gasteiger partial charge in [-0.25, -0.2) is 5.43 Å². The zero-order valence-electron chi connectivity index (χ0n) is 8.81. The van der Waals surface area contributed by atoms with Crippen LogP contribution in [0.25, 0.3) is 0 Å². The normalized spacial score (nSPS) is 20.7. The summed E-state index contributed by atoms with van der Waals surface area (Å²) in [5, 5.41) is 0. The highest BCUT2D eigenvalue weighted by Crippen LogP contribution is 2.43. The summed E-state index contributed by atoms with van der Waals surface area (Å²) >= 11 is 0. The number of ether oxygens (including phenoxy) is 1. The highest BCUT2D eigenvalue weighted by molar-refractivity contribution is 5.12. The van der Waals surface area contributed by atoms with Crippen LogP contribution in [0.15, 0.2) is 18.6 Å². The van der Waals surface area contributed by atoms with Crippen LogP contribution in [0.2, 0.25) is 0 Å². The van der Waals surface area contributed by atoms with E-state index in [-0.39, 0.29) is 11.6 Å². The maximum atomic E-state index is 5.58. The van der Waals surface area contributed by atoms with E-state index in [1.807, 2.05) is 0 Å². The molecule has 0 amide bonds. The van der Waals surface area contributed by atoms with Crippen LogP contribution in [0.3, 0.4) is 0 Å². The number of methoxy groups -OCH3 is 1. The molecule has 0 saturated heterocycles. The van der Waals surface area contributed by atoms with E-state index >= 15 is 0 Å². The van der Waals surface area contributed by atoms with Crippen molar-refractivity contribution < 1.29 is 4.74 Å². The minimum atomic E-state index is -0.204. The van der Waals surface area contributed by atoms with Gasteiger partial charge < -0.3 is 4.74 Å². The third-order valence-electron chi connectivity index (χ3n) is 3.18. The van der Waals surface area contributed by atoms with Crippen molar-refractivity contribution in [2.45, 2.75) is 30.9 Å². The van der Waals surface area contributed by atoms with Gasteiger partial charge in [-0.3, -0.25) is 15.8 Å². The first-order chi connectivity index (χ1) is 7.32. The van der Waals surface area contributed by atoms with E-state index in [1.54, 1.807) is 25.7 Å². The predicted octanol–water partition coefficient (Wildman–Crippen LogP) is 0.550. The number of hydrogen-bond donors (Lipinski definition) is 2. The molecule has 1 unspecified atom stereocenters. The van der Waals surface area contributed by atoms with Gasteiger partial charge in [0.2, 0.25) is 0 Å². The summed E-state index contributed by atoms with van der Waals surface area (Å²) in [4.78, 5) is 8.31. The molecule has 1 fully saturated rings. The lowest BCUT2D eigenvalue weighted by Crippen LogP contribution is -2.52. The van der Waals surface area contributed by atoms with Gasteiger partial charge in [-0.05, 0) is 19.3 Å². The molecule has 1 aromatic heterocycles. The zero-order chi connectivity index (χ0) is 10.7. The van der Waals surface area contributed by atoms with Gasteiger partial charge in [0.25, 0.3) is 0 Å². The molecule has 1 saturated carbocycles. The second-order valence-electron chi connectivity index (χ2n) is 3.85. The second-order valence-corrected chi connectivity index (χ2v) is 3.85. The Hall–Kier alpha value is -1.04. The van der Waals surface area contributed by atoms with E-state index in [0.717, 1.165) is 18.5 Å². The topological polar surface area (TPSA) is 73.1 Å². The highest BCUT2D eigenvalue weighted by Gasteiger charge is 2.45. The van der Waals surface area contributed by atoms with Gasteiger partial charge in [0.15, 0.2) is 0 Å². The summed E-state index contributed by atoms with van der Waals surface area (Å²) in [5.74, 6) is 5.58. The van der Waals surface area contributed by atoms with Crippen LogP contribution < -0.4 is 11.3 Å². The van der Waals surface area contributed by atoms with Gasteiger partial charge in [0, 0.05) is 19.5 Å². The Bertz CT molecular complexity index is 307. The van der Waals surface area contributed by atoms with Crippen LogP contribution >= 0.6 is 0 Å². The first-order valence-electron chi connectivity index (χ1n) is 5.09. The molecular formula is C10H16N4O. The van der Waals surface area contributed by atoms with E-state index < -0.39 is 0 Å². The van der Waals surface area contributed by atoms with Crippen molar-refractivity contribution in [3.63, 3.8) is 0 Å². The van der Waals surface area contributed by atoms with Crippen molar-refractivity contribution in [1.82, 2.24) is 15.4 Å². The molecule has 0 aliphatic heterocycles. The summed E-state index contributed by atoms with van der Waals surface area (Å²) in [6.07, 6.45) is 8.23. The van der Waals surface area contributed by atoms with Crippen LogP contribution in [0.1, 0.15) is 31.0 Å². The maximum Gasteiger partial charge on any atom is 0.0936 e. The first-order valence-corrected chi connectivity index (χ1v) is 5.09. The number of hydrazine groups is 1. The highest BCUT2D eigenvalue weighted by atomic mass is 16.5. The van der Waals surface area contributed by atoms with Gasteiger partial charge >= 0.3 is 0 Å². The van der Waals surface area contributed by atoms with Crippen LogP contribution in [-0.2, 0) is 4.74 Å². The summed E-state index contributed by atoms with van der Waals surface area (Å²) in [6, 6.07) is -0.0788. The lowest BCUT2D eigenvalue weighted by Gasteiger charge is -2.45. The van der Waals surface area contributed by atoms with Gasteiger partial charge in [-0.1, -0.05) is 0 Å². The summed E-state index contributed by atoms with van der Waals surface area (Å²) < 4.78 is 5.57. The number of aromatic nitrogens is 2. The van der Waals surface area contributed by atoms with Crippen LogP contribution in [-0.4, -0.2) is 22.7 Å². The van der Waals surface area contributed by atoms with Crippen LogP contribution in [0.5, 0.6) is 0 Å². The maximum absolute atomic E-state index is 5.58. The van der Waals surface area contributed by atoms with Crippen molar-refractivity contribution in [2.24, 2.45) is 5.84 Å². The molecule has 0 spiro atoms. The predicted molar refractivity (Wildman–Crippen MR) is 55.7 cm³/mol. The van der Waals surface area contributed by atoms with E-state index in [0.29, 0.717) is 0 Å². The van der Waals surface area contributed by atoms with Crippen molar-refractivity contribution in [3.8, 4) is 0 Å². The lowest BCUT2D eigenvalue weighted by molar-refractivity contribution is -0.101. The molecule has 0 radical (unpaired) electrons. The molecule has 3 N–H and O–H groups in total. The molecule has 15 heavy (non-hydrogen) atoms. The van der Waals surface area contributed by atoms with E-state index in [1.165, 1.54) is 6.42 Å². The molecule has 0 bridgehead atoms. The van der Waals surface area contributed by atoms with Crippen LogP contribution in [0, 0.1) is 0 Å². The molecular weight excluding hydrogens is 192 g/mol. The summed E-state index contributed by atoms with van der Waals surface area (Å²) in [6.45, 7) is 0. The van der Waals surface area contributed by atoms with Gasteiger partial charge in [0.05, 0.1) is 23.5 Å². The molecule has 1 atom stereocenters. The molecule has 0 aromatic carbocycles. The van der Waals surface area contributed by atoms with Crippen molar-refractivity contribution in [2.75, 3.05) is 7.11 Å². The van der Waals surface area contributed by atoms with E-state index in [2.05, 4.69) is 15.4 Å². The molecule has 2 rings (SSSR count). The Kier molecular flexibility index (Phi) is 2.95. The monoisotopic (exact) mass is 208 g/mol. The first kappa shape index (κ1) is 10.5. The number of nitrogens with two attached hydrogens (primary N) is 1. The number of rotatable bonds is 4. The average Bonchev–Trinajstić information content (AvgIpc) is 2.24.